The van der Waals surface area contributed by atoms with E-state index in [4.69, 9.17) is 10.7 Å². The minimum Gasteiger partial charge on any atom is -0.318 e. The van der Waals surface area contributed by atoms with Crippen LogP contribution in [0.1, 0.15) is 27.1 Å². The maximum atomic E-state index is 6.40. The fraction of sp³-hybridized carbons (Fsp3) is 0.167. The summed E-state index contributed by atoms with van der Waals surface area (Å²) in [6.07, 6.45) is 2.18. The van der Waals surface area contributed by atoms with E-state index in [9.17, 15) is 0 Å². The van der Waals surface area contributed by atoms with Crippen LogP contribution in [0.3, 0.4) is 0 Å². The predicted octanol–water partition coefficient (Wildman–Crippen LogP) is 3.96. The first-order chi connectivity index (χ1) is 10.3. The SMILES string of the molecule is NC(c1ccccc1)c1nc2c(s1)CCc1ccccc1-2. The maximum Gasteiger partial charge on any atom is 0.115 e. The van der Waals surface area contributed by atoms with Crippen LogP contribution in [-0.4, -0.2) is 4.98 Å². The Morgan fingerprint density at radius 3 is 2.57 bits per heavy atom. The van der Waals surface area contributed by atoms with Crippen molar-refractivity contribution >= 4 is 11.3 Å². The van der Waals surface area contributed by atoms with Crippen LogP contribution in [-0.2, 0) is 12.8 Å². The molecule has 0 radical (unpaired) electrons. The first-order valence-corrected chi connectivity index (χ1v) is 8.03. The first kappa shape index (κ1) is 12.7. The molecule has 3 aromatic rings. The smallest absolute Gasteiger partial charge is 0.115 e. The van der Waals surface area contributed by atoms with Gasteiger partial charge in [0.05, 0.1) is 11.7 Å². The van der Waals surface area contributed by atoms with Crippen molar-refractivity contribution in [1.29, 1.82) is 0 Å². The Morgan fingerprint density at radius 1 is 0.952 bits per heavy atom. The second-order valence-electron chi connectivity index (χ2n) is 5.37. The molecule has 2 aromatic carbocycles. The van der Waals surface area contributed by atoms with E-state index in [1.807, 2.05) is 18.2 Å². The van der Waals surface area contributed by atoms with Gasteiger partial charge in [0.2, 0.25) is 0 Å². The van der Waals surface area contributed by atoms with Crippen LogP contribution in [0.25, 0.3) is 11.3 Å². The molecule has 0 fully saturated rings. The molecular weight excluding hydrogens is 276 g/mol. The van der Waals surface area contributed by atoms with E-state index in [1.54, 1.807) is 11.3 Å². The van der Waals surface area contributed by atoms with Crippen LogP contribution in [0.15, 0.2) is 54.6 Å². The van der Waals surface area contributed by atoms with Crippen molar-refractivity contribution < 1.29 is 0 Å². The van der Waals surface area contributed by atoms with E-state index < -0.39 is 0 Å². The van der Waals surface area contributed by atoms with Crippen molar-refractivity contribution in [3.05, 3.63) is 75.6 Å². The van der Waals surface area contributed by atoms with Gasteiger partial charge >= 0.3 is 0 Å². The summed E-state index contributed by atoms with van der Waals surface area (Å²) in [5, 5.41) is 1.02. The Morgan fingerprint density at radius 2 is 1.71 bits per heavy atom. The summed E-state index contributed by atoms with van der Waals surface area (Å²) >= 11 is 1.77. The summed E-state index contributed by atoms with van der Waals surface area (Å²) in [5.41, 5.74) is 11.3. The average Bonchev–Trinajstić information content (AvgIpc) is 2.99. The third-order valence-electron chi connectivity index (χ3n) is 4.03. The minimum atomic E-state index is -0.131. The predicted molar refractivity (Wildman–Crippen MR) is 87.4 cm³/mol. The van der Waals surface area contributed by atoms with Gasteiger partial charge in [-0.05, 0) is 24.0 Å². The fourth-order valence-corrected chi connectivity index (χ4v) is 4.01. The quantitative estimate of drug-likeness (QED) is 0.776. The van der Waals surface area contributed by atoms with Crippen molar-refractivity contribution in [2.45, 2.75) is 18.9 Å². The van der Waals surface area contributed by atoms with Gasteiger partial charge in [-0.25, -0.2) is 4.98 Å². The molecule has 4 rings (SSSR count). The lowest BCUT2D eigenvalue weighted by atomic mass is 9.94. The molecule has 0 saturated carbocycles. The normalized spacial score (nSPS) is 14.3. The highest BCUT2D eigenvalue weighted by molar-refractivity contribution is 7.12. The number of hydrogen-bond donors (Lipinski definition) is 1. The van der Waals surface area contributed by atoms with E-state index in [0.29, 0.717) is 0 Å². The van der Waals surface area contributed by atoms with Crippen molar-refractivity contribution in [1.82, 2.24) is 4.98 Å². The van der Waals surface area contributed by atoms with E-state index in [-0.39, 0.29) is 6.04 Å². The zero-order valence-corrected chi connectivity index (χ0v) is 12.4. The van der Waals surface area contributed by atoms with Gasteiger partial charge in [0, 0.05) is 10.4 Å². The topological polar surface area (TPSA) is 38.9 Å². The second-order valence-corrected chi connectivity index (χ2v) is 6.48. The van der Waals surface area contributed by atoms with Gasteiger partial charge in [-0.2, -0.15) is 0 Å². The second kappa shape index (κ2) is 5.10. The van der Waals surface area contributed by atoms with Gasteiger partial charge in [0.15, 0.2) is 0 Å². The van der Waals surface area contributed by atoms with E-state index in [1.165, 1.54) is 16.0 Å². The molecule has 1 heterocycles. The van der Waals surface area contributed by atoms with Crippen molar-refractivity contribution in [3.8, 4) is 11.3 Å². The Balaban J connectivity index is 1.77. The van der Waals surface area contributed by atoms with Crippen molar-refractivity contribution in [2.24, 2.45) is 5.73 Å². The monoisotopic (exact) mass is 292 g/mol. The lowest BCUT2D eigenvalue weighted by Gasteiger charge is -2.13. The molecule has 1 aliphatic rings. The number of aromatic nitrogens is 1. The molecule has 2 nitrogen and oxygen atoms in total. The van der Waals surface area contributed by atoms with Crippen LogP contribution in [0.2, 0.25) is 0 Å². The van der Waals surface area contributed by atoms with Gasteiger partial charge in [-0.1, -0.05) is 54.6 Å². The Labute approximate surface area is 128 Å². The van der Waals surface area contributed by atoms with Crippen LogP contribution in [0.5, 0.6) is 0 Å². The Bertz CT molecular complexity index is 777. The Kier molecular flexibility index (Phi) is 3.09. The zero-order chi connectivity index (χ0) is 14.2. The molecule has 2 N–H and O–H groups in total. The van der Waals surface area contributed by atoms with Crippen molar-refractivity contribution in [2.75, 3.05) is 0 Å². The first-order valence-electron chi connectivity index (χ1n) is 7.21. The number of rotatable bonds is 2. The van der Waals surface area contributed by atoms with Crippen LogP contribution in [0, 0.1) is 0 Å². The summed E-state index contributed by atoms with van der Waals surface area (Å²) in [5.74, 6) is 0. The van der Waals surface area contributed by atoms with Gasteiger partial charge in [-0.3, -0.25) is 0 Å². The van der Waals surface area contributed by atoms with Gasteiger partial charge in [0.1, 0.15) is 5.01 Å². The highest BCUT2D eigenvalue weighted by Gasteiger charge is 2.23. The third-order valence-corrected chi connectivity index (χ3v) is 5.23. The molecule has 0 bridgehead atoms. The summed E-state index contributed by atoms with van der Waals surface area (Å²) in [6, 6.07) is 18.6. The number of fused-ring (bicyclic) bond motifs is 3. The number of hydrogen-bond acceptors (Lipinski definition) is 3. The minimum absolute atomic E-state index is 0.131. The highest BCUT2D eigenvalue weighted by atomic mass is 32.1. The molecule has 1 atom stereocenters. The fourth-order valence-electron chi connectivity index (χ4n) is 2.90. The lowest BCUT2D eigenvalue weighted by Crippen LogP contribution is -2.11. The summed E-state index contributed by atoms with van der Waals surface area (Å²) in [6.45, 7) is 0. The van der Waals surface area contributed by atoms with Crippen molar-refractivity contribution in [3.63, 3.8) is 0 Å². The number of nitrogens with two attached hydrogens (primary N) is 1. The van der Waals surface area contributed by atoms with Crippen LogP contribution >= 0.6 is 11.3 Å². The molecule has 1 aromatic heterocycles. The number of nitrogens with zero attached hydrogens (tertiary/aromatic N) is 1. The van der Waals surface area contributed by atoms with E-state index in [0.717, 1.165) is 29.1 Å². The number of aryl methyl sites for hydroxylation is 2. The molecule has 0 spiro atoms. The van der Waals surface area contributed by atoms with Gasteiger partial charge in [-0.15, -0.1) is 11.3 Å². The maximum absolute atomic E-state index is 6.40. The van der Waals surface area contributed by atoms with E-state index in [2.05, 4.69) is 36.4 Å². The van der Waals surface area contributed by atoms with E-state index >= 15 is 0 Å². The number of benzene rings is 2. The molecule has 21 heavy (non-hydrogen) atoms. The molecule has 1 unspecified atom stereocenters. The molecule has 104 valence electrons. The lowest BCUT2D eigenvalue weighted by molar-refractivity contribution is 0.857. The largest absolute Gasteiger partial charge is 0.318 e. The molecule has 1 aliphatic carbocycles. The average molecular weight is 292 g/mol. The van der Waals surface area contributed by atoms with Gasteiger partial charge < -0.3 is 5.73 Å². The molecule has 0 aliphatic heterocycles. The van der Waals surface area contributed by atoms with Crippen LogP contribution < -0.4 is 5.73 Å². The van der Waals surface area contributed by atoms with Crippen LogP contribution in [0.4, 0.5) is 0 Å². The van der Waals surface area contributed by atoms with Gasteiger partial charge in [0.25, 0.3) is 0 Å². The Hall–Kier alpha value is -1.97. The molecule has 0 amide bonds. The zero-order valence-electron chi connectivity index (χ0n) is 11.6. The highest BCUT2D eigenvalue weighted by Crippen LogP contribution is 2.38. The molecular formula is C18H16N2S. The molecule has 0 saturated heterocycles. The summed E-state index contributed by atoms with van der Waals surface area (Å²) in [4.78, 5) is 6.23. The summed E-state index contributed by atoms with van der Waals surface area (Å²) < 4.78 is 0. The third kappa shape index (κ3) is 2.19. The molecule has 3 heteroatoms. The number of thiazole rings is 1. The summed E-state index contributed by atoms with van der Waals surface area (Å²) in [7, 11) is 0. The standard InChI is InChI=1S/C18H16N2S/c19-16(13-7-2-1-3-8-13)18-20-17-14-9-5-4-6-12(14)10-11-15(17)21-18/h1-9,16H,10-11,19H2.